The number of anilines is 2. The van der Waals surface area contributed by atoms with Crippen molar-refractivity contribution >= 4 is 34.5 Å². The van der Waals surface area contributed by atoms with E-state index in [0.29, 0.717) is 24.1 Å². The van der Waals surface area contributed by atoms with E-state index >= 15 is 0 Å². The molecular formula is C22H28N6O2. The number of imidazole rings is 1. The van der Waals surface area contributed by atoms with E-state index in [9.17, 15) is 9.59 Å². The lowest BCUT2D eigenvalue weighted by Crippen LogP contribution is -2.46. The highest BCUT2D eigenvalue weighted by Crippen LogP contribution is 2.34. The highest BCUT2D eigenvalue weighted by Gasteiger charge is 2.34. The third-order valence-corrected chi connectivity index (χ3v) is 5.78. The van der Waals surface area contributed by atoms with Crippen molar-refractivity contribution in [2.24, 2.45) is 5.92 Å². The molecule has 1 fully saturated rings. The number of H-pyrrole nitrogens is 1. The number of hydrogen-bond acceptors (Lipinski definition) is 5. The van der Waals surface area contributed by atoms with Crippen LogP contribution in [-0.2, 0) is 9.59 Å². The maximum atomic E-state index is 13.1. The fourth-order valence-corrected chi connectivity index (χ4v) is 4.00. The number of piperidine rings is 1. The normalized spacial score (nSPS) is 19.1. The van der Waals surface area contributed by atoms with Gasteiger partial charge in [-0.1, -0.05) is 13.0 Å². The Balaban J connectivity index is 0.00000272. The van der Waals surface area contributed by atoms with Gasteiger partial charge in [-0.2, -0.15) is 0 Å². The van der Waals surface area contributed by atoms with Crippen LogP contribution in [0.25, 0.3) is 11.0 Å². The number of hydrogen-bond donors (Lipinski definition) is 3. The second kappa shape index (κ2) is 7.78. The zero-order chi connectivity index (χ0) is 21.4. The van der Waals surface area contributed by atoms with Gasteiger partial charge in [0.25, 0.3) is 0 Å². The Labute approximate surface area is 176 Å². The van der Waals surface area contributed by atoms with Crippen molar-refractivity contribution in [2.45, 2.75) is 39.7 Å². The molecular weight excluding hydrogens is 380 g/mol. The highest BCUT2D eigenvalue weighted by molar-refractivity contribution is 6.39. The first kappa shape index (κ1) is 19.9. The van der Waals surface area contributed by atoms with E-state index in [1.165, 1.54) is 0 Å². The van der Waals surface area contributed by atoms with Crippen molar-refractivity contribution in [2.75, 3.05) is 17.6 Å². The van der Waals surface area contributed by atoms with Crippen LogP contribution >= 0.6 is 0 Å². The van der Waals surface area contributed by atoms with E-state index in [1.807, 2.05) is 38.1 Å². The molecule has 4 N–H and O–H groups in total. The monoisotopic (exact) mass is 408 g/mol. The predicted molar refractivity (Wildman–Crippen MR) is 118 cm³/mol. The topological polar surface area (TPSA) is 117 Å². The number of aromatic nitrogens is 3. The Kier molecular flexibility index (Phi) is 5.15. The molecule has 1 aliphatic heterocycles. The molecule has 158 valence electrons. The molecule has 1 aromatic carbocycles. The van der Waals surface area contributed by atoms with Crippen LogP contribution in [0.4, 0.5) is 11.6 Å². The number of likely N-dealkylation sites (tertiary alicyclic amines) is 1. The van der Waals surface area contributed by atoms with Crippen LogP contribution in [0.15, 0.2) is 30.5 Å². The van der Waals surface area contributed by atoms with Gasteiger partial charge in [0.15, 0.2) is 5.95 Å². The number of nitrogens with one attached hydrogen (secondary N) is 2. The zero-order valence-electron chi connectivity index (χ0n) is 17.4. The van der Waals surface area contributed by atoms with Crippen molar-refractivity contribution in [3.8, 4) is 0 Å². The highest BCUT2D eigenvalue weighted by atomic mass is 16.2. The van der Waals surface area contributed by atoms with Gasteiger partial charge in [0.2, 0.25) is 0 Å². The minimum absolute atomic E-state index is 0. The number of aryl methyl sites for hydroxylation is 2. The Morgan fingerprint density at radius 1 is 1.27 bits per heavy atom. The van der Waals surface area contributed by atoms with Gasteiger partial charge in [0.05, 0.1) is 29.0 Å². The molecule has 1 aliphatic rings. The van der Waals surface area contributed by atoms with E-state index in [4.69, 9.17) is 5.73 Å². The molecule has 0 aliphatic carbocycles. The van der Waals surface area contributed by atoms with Crippen LogP contribution in [0.1, 0.15) is 44.1 Å². The number of nitrogens with two attached hydrogens (primary N) is 1. The molecule has 3 heterocycles. The summed E-state index contributed by atoms with van der Waals surface area (Å²) < 4.78 is 0. The zero-order valence-corrected chi connectivity index (χ0v) is 17.4. The molecule has 3 aromatic rings. The molecule has 2 atom stereocenters. The second-order valence-corrected chi connectivity index (χ2v) is 8.13. The number of carbonyl (C=O) groups excluding carboxylic acids is 2. The van der Waals surface area contributed by atoms with Gasteiger partial charge in [-0.25, -0.2) is 4.98 Å². The number of fused-ring (bicyclic) bond motifs is 1. The van der Waals surface area contributed by atoms with Crippen molar-refractivity contribution in [1.29, 1.82) is 0 Å². The standard InChI is InChI=1S/C22H26N6O2.H2/c1-12-4-7-19(15-5-6-17-18(9-15)27-22(23)26-17)28(11-12)21(30)20(29)25-16-8-13(2)14(3)24-10-16;/h5-6,8-10,12,19H,4,7,11H2,1-3H3,(H,25,29)(H3,23,26,27);1H/t12-,19+;/m1./s1. The molecule has 1 saturated heterocycles. The Morgan fingerprint density at radius 2 is 2.07 bits per heavy atom. The molecule has 8 nitrogen and oxygen atoms in total. The quantitative estimate of drug-likeness (QED) is 0.562. The number of nitrogen functional groups attached to an aromatic ring is 1. The first-order valence-corrected chi connectivity index (χ1v) is 10.1. The van der Waals surface area contributed by atoms with E-state index in [2.05, 4.69) is 27.2 Å². The first-order valence-electron chi connectivity index (χ1n) is 10.1. The van der Waals surface area contributed by atoms with Crippen LogP contribution in [0.3, 0.4) is 0 Å². The van der Waals surface area contributed by atoms with Crippen molar-refractivity contribution in [3.63, 3.8) is 0 Å². The average molecular weight is 409 g/mol. The van der Waals surface area contributed by atoms with Crippen molar-refractivity contribution in [3.05, 3.63) is 47.3 Å². The van der Waals surface area contributed by atoms with Crippen molar-refractivity contribution < 1.29 is 11.0 Å². The first-order chi connectivity index (χ1) is 14.3. The summed E-state index contributed by atoms with van der Waals surface area (Å²) in [7, 11) is 0. The number of benzene rings is 1. The predicted octanol–water partition coefficient (Wildman–Crippen LogP) is 3.34. The summed E-state index contributed by atoms with van der Waals surface area (Å²) in [4.78, 5) is 39.0. The number of nitrogens with zero attached hydrogens (tertiary/aromatic N) is 3. The molecule has 2 aromatic heterocycles. The minimum Gasteiger partial charge on any atom is -0.369 e. The summed E-state index contributed by atoms with van der Waals surface area (Å²) in [5, 5.41) is 2.70. The number of amides is 2. The van der Waals surface area contributed by atoms with Gasteiger partial charge in [0, 0.05) is 13.7 Å². The van der Waals surface area contributed by atoms with Gasteiger partial charge < -0.3 is 20.9 Å². The lowest BCUT2D eigenvalue weighted by atomic mass is 9.89. The SMILES string of the molecule is Cc1cc(NC(=O)C(=O)N2C[C@H](C)CC[C@H]2c2ccc3nc(N)[nH]c3c2)cnc1C.[HH]. The number of rotatable bonds is 2. The Morgan fingerprint density at radius 3 is 2.83 bits per heavy atom. The van der Waals surface area contributed by atoms with E-state index in [1.54, 1.807) is 11.1 Å². The molecule has 0 unspecified atom stereocenters. The lowest BCUT2D eigenvalue weighted by Gasteiger charge is -2.38. The fraction of sp³-hybridized carbons (Fsp3) is 0.364. The van der Waals surface area contributed by atoms with Gasteiger partial charge >= 0.3 is 11.8 Å². The summed E-state index contributed by atoms with van der Waals surface area (Å²) in [6.45, 7) is 6.45. The summed E-state index contributed by atoms with van der Waals surface area (Å²) in [6, 6.07) is 7.45. The summed E-state index contributed by atoms with van der Waals surface area (Å²) in [5.41, 5.74) is 10.7. The van der Waals surface area contributed by atoms with Crippen LogP contribution in [0, 0.1) is 19.8 Å². The van der Waals surface area contributed by atoms with Crippen molar-refractivity contribution in [1.82, 2.24) is 19.9 Å². The summed E-state index contributed by atoms with van der Waals surface area (Å²) in [5.74, 6) is -0.499. The maximum absolute atomic E-state index is 13.1. The van der Waals surface area contributed by atoms with Crippen LogP contribution < -0.4 is 11.1 Å². The van der Waals surface area contributed by atoms with Gasteiger partial charge in [-0.3, -0.25) is 14.6 Å². The fourth-order valence-electron chi connectivity index (χ4n) is 4.00. The average Bonchev–Trinajstić information content (AvgIpc) is 3.09. The molecule has 8 heteroatoms. The minimum atomic E-state index is -0.647. The summed E-state index contributed by atoms with van der Waals surface area (Å²) in [6.07, 6.45) is 3.35. The lowest BCUT2D eigenvalue weighted by molar-refractivity contribution is -0.146. The van der Waals surface area contributed by atoms with Gasteiger partial charge in [-0.15, -0.1) is 0 Å². The van der Waals surface area contributed by atoms with Crippen LogP contribution in [0.2, 0.25) is 0 Å². The molecule has 0 bridgehead atoms. The molecule has 0 radical (unpaired) electrons. The second-order valence-electron chi connectivity index (χ2n) is 8.13. The smallest absolute Gasteiger partial charge is 0.313 e. The van der Waals surface area contributed by atoms with Crippen LogP contribution in [-0.4, -0.2) is 38.2 Å². The summed E-state index contributed by atoms with van der Waals surface area (Å²) >= 11 is 0. The van der Waals surface area contributed by atoms with Gasteiger partial charge in [-0.05, 0) is 61.9 Å². The van der Waals surface area contributed by atoms with Gasteiger partial charge in [0.1, 0.15) is 0 Å². The largest absolute Gasteiger partial charge is 0.369 e. The molecule has 2 amide bonds. The van der Waals surface area contributed by atoms with E-state index < -0.39 is 11.8 Å². The third kappa shape index (κ3) is 3.85. The molecule has 0 spiro atoms. The number of aromatic amines is 1. The van der Waals surface area contributed by atoms with E-state index in [-0.39, 0.29) is 7.47 Å². The molecule has 4 rings (SSSR count). The number of pyridine rings is 1. The van der Waals surface area contributed by atoms with Crippen LogP contribution in [0.5, 0.6) is 0 Å². The Hall–Kier alpha value is -3.42. The molecule has 0 saturated carbocycles. The number of carbonyl (C=O) groups is 2. The van der Waals surface area contributed by atoms with E-state index in [0.717, 1.165) is 40.7 Å². The maximum Gasteiger partial charge on any atom is 0.313 e. The third-order valence-electron chi connectivity index (χ3n) is 5.78. The Bertz CT molecular complexity index is 1130. The molecule has 30 heavy (non-hydrogen) atoms.